The van der Waals surface area contributed by atoms with E-state index in [1.165, 1.54) is 0 Å². The Labute approximate surface area is 289 Å². The van der Waals surface area contributed by atoms with Crippen molar-refractivity contribution in [2.75, 3.05) is 85.1 Å². The lowest BCUT2D eigenvalue weighted by Gasteiger charge is -2.35. The highest BCUT2D eigenvalue weighted by Gasteiger charge is 2.26. The average molecular weight is 678 g/mol. The molecule has 1 saturated heterocycles. The molecule has 2 rings (SSSR count). The number of rotatable bonds is 12. The number of aliphatic hydroxyl groups is 1. The third kappa shape index (κ3) is 20.0. The van der Waals surface area contributed by atoms with Gasteiger partial charge in [0, 0.05) is 72.0 Å². The normalized spacial score (nSPS) is 18.0. The fourth-order valence-corrected chi connectivity index (χ4v) is 5.25. The summed E-state index contributed by atoms with van der Waals surface area (Å²) in [5.74, 6) is -0.949. The van der Waals surface area contributed by atoms with Crippen molar-refractivity contribution in [2.45, 2.75) is 91.8 Å². The van der Waals surface area contributed by atoms with E-state index in [2.05, 4.69) is 10.2 Å². The highest BCUT2D eigenvalue weighted by Crippen LogP contribution is 2.11. The molecule has 0 aromatic heterocycles. The molecule has 0 radical (unpaired) electrons. The minimum absolute atomic E-state index is 0.0894. The van der Waals surface area contributed by atoms with Gasteiger partial charge in [-0.3, -0.25) is 34.0 Å². The maximum Gasteiger partial charge on any atom is 0.320 e. The Kier molecular flexibility index (Phi) is 16.9. The molecule has 1 heterocycles. The van der Waals surface area contributed by atoms with Gasteiger partial charge in [0.05, 0.1) is 25.7 Å². The highest BCUT2D eigenvalue weighted by molar-refractivity contribution is 5.73. The monoisotopic (exact) mass is 677 g/mol. The minimum Gasteiger partial charge on any atom is -0.459 e. The summed E-state index contributed by atoms with van der Waals surface area (Å²) in [5, 5.41) is 14.4. The topological polar surface area (TPSA) is 124 Å². The van der Waals surface area contributed by atoms with Gasteiger partial charge in [-0.25, -0.2) is 0 Å². The Morgan fingerprint density at radius 1 is 0.625 bits per heavy atom. The number of aliphatic hydroxyl groups excluding tert-OH is 1. The predicted octanol–water partition coefficient (Wildman–Crippen LogP) is 2.38. The van der Waals surface area contributed by atoms with Crippen molar-refractivity contribution in [2.24, 2.45) is 0 Å². The summed E-state index contributed by atoms with van der Waals surface area (Å²) in [4.78, 5) is 46.9. The second kappa shape index (κ2) is 19.5. The van der Waals surface area contributed by atoms with Crippen LogP contribution >= 0.6 is 0 Å². The summed E-state index contributed by atoms with van der Waals surface area (Å²) >= 11 is 0. The average Bonchev–Trinajstić information content (AvgIpc) is 2.92. The van der Waals surface area contributed by atoms with E-state index in [1.807, 2.05) is 107 Å². The molecule has 0 bridgehead atoms. The van der Waals surface area contributed by atoms with Gasteiger partial charge in [-0.05, 0) is 67.9 Å². The Balaban J connectivity index is 2.22. The first-order valence-electron chi connectivity index (χ1n) is 17.2. The molecular formula is C36H63N5O7. The summed E-state index contributed by atoms with van der Waals surface area (Å²) in [7, 11) is 0. The summed E-state index contributed by atoms with van der Waals surface area (Å²) in [6, 6.07) is 10.1. The van der Waals surface area contributed by atoms with Crippen LogP contribution in [-0.2, 0) is 35.1 Å². The summed E-state index contributed by atoms with van der Waals surface area (Å²) < 4.78 is 16.9. The van der Waals surface area contributed by atoms with Gasteiger partial charge in [0.2, 0.25) is 0 Å². The van der Waals surface area contributed by atoms with Crippen LogP contribution in [0.3, 0.4) is 0 Å². The van der Waals surface area contributed by atoms with E-state index in [0.717, 1.165) is 5.56 Å². The van der Waals surface area contributed by atoms with Crippen LogP contribution in [0.15, 0.2) is 30.3 Å². The maximum atomic E-state index is 12.9. The molecular weight excluding hydrogens is 614 g/mol. The lowest BCUT2D eigenvalue weighted by atomic mass is 10.2. The molecule has 1 aromatic carbocycles. The van der Waals surface area contributed by atoms with E-state index < -0.39 is 22.9 Å². The molecule has 1 unspecified atom stereocenters. The fraction of sp³-hybridized carbons (Fsp3) is 0.750. The second-order valence-corrected chi connectivity index (χ2v) is 15.7. The van der Waals surface area contributed by atoms with Crippen LogP contribution in [0.1, 0.15) is 67.9 Å². The summed E-state index contributed by atoms with van der Waals surface area (Å²) in [6.45, 7) is 22.8. The van der Waals surface area contributed by atoms with Crippen molar-refractivity contribution in [3.05, 3.63) is 35.9 Å². The molecule has 0 saturated carbocycles. The molecule has 1 aliphatic heterocycles. The van der Waals surface area contributed by atoms with Gasteiger partial charge in [0.15, 0.2) is 0 Å². The number of ether oxygens (including phenoxy) is 3. The number of esters is 3. The molecule has 0 amide bonds. The molecule has 274 valence electrons. The van der Waals surface area contributed by atoms with Crippen molar-refractivity contribution in [3.63, 3.8) is 0 Å². The molecule has 1 atom stereocenters. The first-order valence-corrected chi connectivity index (χ1v) is 17.2. The molecule has 2 N–H and O–H groups in total. The van der Waals surface area contributed by atoms with Crippen LogP contribution in [-0.4, -0.2) is 151 Å². The third-order valence-corrected chi connectivity index (χ3v) is 7.27. The van der Waals surface area contributed by atoms with Gasteiger partial charge in [-0.2, -0.15) is 0 Å². The van der Waals surface area contributed by atoms with Crippen LogP contribution in [0.25, 0.3) is 0 Å². The zero-order chi connectivity index (χ0) is 36.0. The first-order chi connectivity index (χ1) is 22.3. The summed E-state index contributed by atoms with van der Waals surface area (Å²) in [5.41, 5.74) is -0.674. The highest BCUT2D eigenvalue weighted by atomic mass is 16.6. The number of hydrogen-bond donors (Lipinski definition) is 2. The Hall–Kier alpha value is -2.61. The number of benzene rings is 1. The van der Waals surface area contributed by atoms with Crippen LogP contribution in [0.4, 0.5) is 0 Å². The van der Waals surface area contributed by atoms with Crippen molar-refractivity contribution in [1.82, 2.24) is 24.9 Å². The van der Waals surface area contributed by atoms with E-state index in [4.69, 9.17) is 14.2 Å². The van der Waals surface area contributed by atoms with Gasteiger partial charge < -0.3 is 24.6 Å². The number of hydrogen-bond acceptors (Lipinski definition) is 12. The Morgan fingerprint density at radius 3 is 1.29 bits per heavy atom. The van der Waals surface area contributed by atoms with Crippen molar-refractivity contribution < 1.29 is 33.7 Å². The van der Waals surface area contributed by atoms with E-state index >= 15 is 0 Å². The van der Waals surface area contributed by atoms with Crippen LogP contribution in [0.5, 0.6) is 0 Å². The molecule has 1 fully saturated rings. The number of carbonyl (C=O) groups excluding carboxylic acids is 3. The summed E-state index contributed by atoms with van der Waals surface area (Å²) in [6.07, 6.45) is -0.621. The molecule has 0 spiro atoms. The number of β-amino-alcohol motifs (C(OH)–C–C–N with tert-alkyl or cyclic N) is 1. The number of nitrogens with zero attached hydrogens (tertiary/aromatic N) is 4. The molecule has 1 aliphatic rings. The molecule has 1 aromatic rings. The van der Waals surface area contributed by atoms with E-state index in [9.17, 15) is 19.5 Å². The van der Waals surface area contributed by atoms with Crippen molar-refractivity contribution in [3.8, 4) is 0 Å². The number of nitrogens with one attached hydrogen (secondary N) is 1. The van der Waals surface area contributed by atoms with Gasteiger partial charge in [0.25, 0.3) is 0 Å². The standard InChI is InChI=1S/C36H63N5O7/c1-34(2,3)46-31(43)26-39-17-15-38(25-30(42)24-37-23-29-13-11-10-12-14-29)16-18-40(27-32(44)47-35(4,5)6)20-22-41(21-19-39)28-33(45)48-36(7,8)9/h10-14,30,37,42H,15-28H2,1-9H3. The number of carbonyl (C=O) groups is 3. The van der Waals surface area contributed by atoms with Crippen LogP contribution in [0, 0.1) is 0 Å². The Bertz CT molecular complexity index is 1070. The molecule has 12 heteroatoms. The lowest BCUT2D eigenvalue weighted by Crippen LogP contribution is -2.50. The quantitative estimate of drug-likeness (QED) is 0.250. The smallest absolute Gasteiger partial charge is 0.320 e. The van der Waals surface area contributed by atoms with E-state index in [-0.39, 0.29) is 37.5 Å². The first kappa shape index (κ1) is 41.6. The molecule has 12 nitrogen and oxygen atoms in total. The van der Waals surface area contributed by atoms with Crippen LogP contribution < -0.4 is 5.32 Å². The van der Waals surface area contributed by atoms with Gasteiger partial charge in [0.1, 0.15) is 16.8 Å². The zero-order valence-corrected chi connectivity index (χ0v) is 31.0. The van der Waals surface area contributed by atoms with E-state index in [1.54, 1.807) is 0 Å². The lowest BCUT2D eigenvalue weighted by molar-refractivity contribution is -0.158. The zero-order valence-electron chi connectivity index (χ0n) is 31.0. The van der Waals surface area contributed by atoms with Crippen LogP contribution in [0.2, 0.25) is 0 Å². The van der Waals surface area contributed by atoms with Gasteiger partial charge in [-0.15, -0.1) is 0 Å². The maximum absolute atomic E-state index is 12.9. The minimum atomic E-state index is -0.621. The Morgan fingerprint density at radius 2 is 0.958 bits per heavy atom. The van der Waals surface area contributed by atoms with E-state index in [0.29, 0.717) is 72.0 Å². The molecule has 48 heavy (non-hydrogen) atoms. The largest absolute Gasteiger partial charge is 0.459 e. The van der Waals surface area contributed by atoms with Crippen molar-refractivity contribution in [1.29, 1.82) is 0 Å². The third-order valence-electron chi connectivity index (χ3n) is 7.27. The second-order valence-electron chi connectivity index (χ2n) is 15.7. The van der Waals surface area contributed by atoms with Crippen molar-refractivity contribution >= 4 is 17.9 Å². The van der Waals surface area contributed by atoms with Gasteiger partial charge >= 0.3 is 17.9 Å². The predicted molar refractivity (Wildman–Crippen MR) is 187 cm³/mol. The SMILES string of the molecule is CC(C)(C)OC(=O)CN1CCN(CC(=O)OC(C)(C)C)CCN(CC(O)CNCc2ccccc2)CCN(CC(=O)OC(C)(C)C)CC1. The fourth-order valence-electron chi connectivity index (χ4n) is 5.25. The van der Waals surface area contributed by atoms with Gasteiger partial charge in [-0.1, -0.05) is 30.3 Å². The molecule has 0 aliphatic carbocycles.